The lowest BCUT2D eigenvalue weighted by atomic mass is 10.0. The summed E-state index contributed by atoms with van der Waals surface area (Å²) in [5.74, 6) is -0.321. The second-order valence-electron chi connectivity index (χ2n) is 6.19. The number of nitrogens with one attached hydrogen (secondary N) is 1. The predicted octanol–water partition coefficient (Wildman–Crippen LogP) is 3.16. The van der Waals surface area contributed by atoms with Gasteiger partial charge in [0, 0.05) is 37.6 Å². The third-order valence-corrected chi connectivity index (χ3v) is 4.54. The fourth-order valence-electron chi connectivity index (χ4n) is 3.15. The number of nitriles is 1. The van der Waals surface area contributed by atoms with E-state index in [1.807, 2.05) is 19.1 Å². The van der Waals surface area contributed by atoms with E-state index in [-0.39, 0.29) is 5.82 Å². The molecule has 1 fully saturated rings. The summed E-state index contributed by atoms with van der Waals surface area (Å²) in [5, 5.41) is 12.4. The highest BCUT2D eigenvalue weighted by Gasteiger charge is 2.22. The Morgan fingerprint density at radius 2 is 2.29 bits per heavy atom. The molecule has 1 aromatic heterocycles. The molecule has 1 aliphatic heterocycles. The zero-order valence-electron chi connectivity index (χ0n) is 13.8. The lowest BCUT2D eigenvalue weighted by molar-refractivity contribution is 0.418. The van der Waals surface area contributed by atoms with Gasteiger partial charge in [-0.25, -0.2) is 4.39 Å². The molecular formula is C19H21FN4. The first kappa shape index (κ1) is 16.4. The van der Waals surface area contributed by atoms with E-state index in [1.54, 1.807) is 18.3 Å². The van der Waals surface area contributed by atoms with Gasteiger partial charge in [-0.1, -0.05) is 6.07 Å². The minimum absolute atomic E-state index is 0.313. The number of pyridine rings is 1. The van der Waals surface area contributed by atoms with Crippen LogP contribution in [-0.2, 0) is 6.54 Å². The number of benzene rings is 1. The quantitative estimate of drug-likeness (QED) is 0.938. The summed E-state index contributed by atoms with van der Waals surface area (Å²) in [6.07, 6.45) is 3.89. The van der Waals surface area contributed by atoms with Crippen LogP contribution in [0.2, 0.25) is 0 Å². The van der Waals surface area contributed by atoms with Crippen molar-refractivity contribution in [3.63, 3.8) is 0 Å². The predicted molar refractivity (Wildman–Crippen MR) is 92.2 cm³/mol. The van der Waals surface area contributed by atoms with E-state index in [9.17, 15) is 4.39 Å². The first-order chi connectivity index (χ1) is 11.7. The van der Waals surface area contributed by atoms with Gasteiger partial charge in [0.15, 0.2) is 0 Å². The maximum atomic E-state index is 14.2. The van der Waals surface area contributed by atoms with Gasteiger partial charge in [0.05, 0.1) is 17.3 Å². The molecule has 124 valence electrons. The van der Waals surface area contributed by atoms with Crippen LogP contribution in [0.15, 0.2) is 36.5 Å². The number of anilines is 1. The molecule has 0 saturated carbocycles. The van der Waals surface area contributed by atoms with E-state index in [0.29, 0.717) is 17.3 Å². The standard InChI is InChI=1S/C19H21FN4/c1-14-16(4-2-8-22-14)12-23-17-5-3-9-24(13-17)19-7-6-15(11-21)10-18(19)20/h2,4,6-8,10,17,23H,3,5,9,12-13H2,1H3/t17-/m0/s1. The largest absolute Gasteiger partial charge is 0.368 e. The van der Waals surface area contributed by atoms with Crippen molar-refractivity contribution in [3.8, 4) is 6.07 Å². The zero-order valence-corrected chi connectivity index (χ0v) is 13.8. The van der Waals surface area contributed by atoms with Crippen molar-refractivity contribution in [2.24, 2.45) is 0 Å². The molecule has 2 aromatic rings. The van der Waals surface area contributed by atoms with Gasteiger partial charge < -0.3 is 10.2 Å². The van der Waals surface area contributed by atoms with E-state index in [1.165, 1.54) is 11.6 Å². The van der Waals surface area contributed by atoms with Crippen LogP contribution in [0.1, 0.15) is 29.7 Å². The fourth-order valence-corrected chi connectivity index (χ4v) is 3.15. The molecule has 2 heterocycles. The molecule has 4 nitrogen and oxygen atoms in total. The summed E-state index contributed by atoms with van der Waals surface area (Å²) in [6.45, 7) is 4.39. The van der Waals surface area contributed by atoms with Gasteiger partial charge in [-0.3, -0.25) is 4.98 Å². The molecule has 1 saturated heterocycles. The monoisotopic (exact) mass is 324 g/mol. The third-order valence-electron chi connectivity index (χ3n) is 4.54. The molecular weight excluding hydrogens is 303 g/mol. The molecule has 1 N–H and O–H groups in total. The molecule has 0 unspecified atom stereocenters. The minimum atomic E-state index is -0.321. The Morgan fingerprint density at radius 1 is 1.42 bits per heavy atom. The highest BCUT2D eigenvalue weighted by molar-refractivity contribution is 5.51. The molecule has 1 aliphatic rings. The molecule has 0 radical (unpaired) electrons. The third kappa shape index (κ3) is 3.72. The van der Waals surface area contributed by atoms with Crippen molar-refractivity contribution in [1.82, 2.24) is 10.3 Å². The first-order valence-electron chi connectivity index (χ1n) is 8.26. The van der Waals surface area contributed by atoms with Crippen LogP contribution in [0.3, 0.4) is 0 Å². The van der Waals surface area contributed by atoms with Crippen molar-refractivity contribution in [2.75, 3.05) is 18.0 Å². The van der Waals surface area contributed by atoms with E-state index in [4.69, 9.17) is 5.26 Å². The highest BCUT2D eigenvalue weighted by atomic mass is 19.1. The summed E-state index contributed by atoms with van der Waals surface area (Å²) in [7, 11) is 0. The lowest BCUT2D eigenvalue weighted by Gasteiger charge is -2.35. The van der Waals surface area contributed by atoms with Gasteiger partial charge in [-0.2, -0.15) is 5.26 Å². The Bertz CT molecular complexity index is 753. The van der Waals surface area contributed by atoms with Gasteiger partial charge in [0.25, 0.3) is 0 Å². The molecule has 3 rings (SSSR count). The Hall–Kier alpha value is -2.45. The molecule has 0 amide bonds. The van der Waals surface area contributed by atoms with Gasteiger partial charge in [-0.15, -0.1) is 0 Å². The number of nitrogens with zero attached hydrogens (tertiary/aromatic N) is 3. The van der Waals surface area contributed by atoms with Crippen LogP contribution in [0.4, 0.5) is 10.1 Å². The van der Waals surface area contributed by atoms with Gasteiger partial charge >= 0.3 is 0 Å². The van der Waals surface area contributed by atoms with Crippen LogP contribution in [0.25, 0.3) is 0 Å². The number of hydrogen-bond donors (Lipinski definition) is 1. The maximum Gasteiger partial charge on any atom is 0.147 e. The maximum absolute atomic E-state index is 14.2. The summed E-state index contributed by atoms with van der Waals surface area (Å²) in [4.78, 5) is 6.37. The molecule has 0 bridgehead atoms. The van der Waals surface area contributed by atoms with Crippen LogP contribution in [0, 0.1) is 24.1 Å². The van der Waals surface area contributed by atoms with Crippen molar-refractivity contribution < 1.29 is 4.39 Å². The second-order valence-corrected chi connectivity index (χ2v) is 6.19. The van der Waals surface area contributed by atoms with Crippen molar-refractivity contribution in [3.05, 3.63) is 59.2 Å². The molecule has 0 spiro atoms. The average molecular weight is 324 g/mol. The second kappa shape index (κ2) is 7.41. The van der Waals surface area contributed by atoms with Crippen LogP contribution >= 0.6 is 0 Å². The highest BCUT2D eigenvalue weighted by Crippen LogP contribution is 2.24. The Kier molecular flexibility index (Phi) is 5.07. The van der Waals surface area contributed by atoms with Crippen LogP contribution < -0.4 is 10.2 Å². The summed E-state index contributed by atoms with van der Waals surface area (Å²) in [5.41, 5.74) is 3.17. The van der Waals surface area contributed by atoms with Crippen molar-refractivity contribution >= 4 is 5.69 Å². The number of piperidine rings is 1. The lowest BCUT2D eigenvalue weighted by Crippen LogP contribution is -2.45. The van der Waals surface area contributed by atoms with Gasteiger partial charge in [0.1, 0.15) is 5.82 Å². The van der Waals surface area contributed by atoms with Crippen LogP contribution in [0.5, 0.6) is 0 Å². The molecule has 0 aliphatic carbocycles. The molecule has 1 aromatic carbocycles. The van der Waals surface area contributed by atoms with E-state index in [0.717, 1.165) is 38.2 Å². The first-order valence-corrected chi connectivity index (χ1v) is 8.26. The average Bonchev–Trinajstić information content (AvgIpc) is 2.61. The SMILES string of the molecule is Cc1ncccc1CN[C@H]1CCCN(c2ccc(C#N)cc2F)C1. The summed E-state index contributed by atoms with van der Waals surface area (Å²) in [6, 6.07) is 11.0. The number of aryl methyl sites for hydroxylation is 1. The fraction of sp³-hybridized carbons (Fsp3) is 0.368. The Labute approximate surface area is 141 Å². The number of hydrogen-bond acceptors (Lipinski definition) is 4. The molecule has 5 heteroatoms. The number of aromatic nitrogens is 1. The Morgan fingerprint density at radius 3 is 3.04 bits per heavy atom. The van der Waals surface area contributed by atoms with Gasteiger partial charge in [-0.05, 0) is 49.6 Å². The van der Waals surface area contributed by atoms with Gasteiger partial charge in [0.2, 0.25) is 0 Å². The van der Waals surface area contributed by atoms with Crippen molar-refractivity contribution in [1.29, 1.82) is 5.26 Å². The van der Waals surface area contributed by atoms with E-state index >= 15 is 0 Å². The minimum Gasteiger partial charge on any atom is -0.368 e. The summed E-state index contributed by atoms with van der Waals surface area (Å²) < 4.78 is 14.2. The smallest absolute Gasteiger partial charge is 0.147 e. The summed E-state index contributed by atoms with van der Waals surface area (Å²) >= 11 is 0. The normalized spacial score (nSPS) is 17.5. The van der Waals surface area contributed by atoms with Crippen molar-refractivity contribution in [2.45, 2.75) is 32.4 Å². The number of rotatable bonds is 4. The van der Waals surface area contributed by atoms with E-state index in [2.05, 4.69) is 21.3 Å². The Balaban J connectivity index is 1.64. The number of halogens is 1. The molecule has 24 heavy (non-hydrogen) atoms. The van der Waals surface area contributed by atoms with Crippen LogP contribution in [-0.4, -0.2) is 24.1 Å². The molecule has 1 atom stereocenters. The zero-order chi connectivity index (χ0) is 16.9. The van der Waals surface area contributed by atoms with E-state index < -0.39 is 0 Å². The topological polar surface area (TPSA) is 52.0 Å².